The van der Waals surface area contributed by atoms with Gasteiger partial charge in [-0.3, -0.25) is 4.99 Å². The van der Waals surface area contributed by atoms with Gasteiger partial charge in [0.15, 0.2) is 5.96 Å². The first-order valence-electron chi connectivity index (χ1n) is 6.59. The topological polar surface area (TPSA) is 59.6 Å². The number of guanidine groups is 1. The minimum absolute atomic E-state index is 0.122. The van der Waals surface area contributed by atoms with Crippen molar-refractivity contribution >= 4 is 5.96 Å². The molecule has 2 atom stereocenters. The SMILES string of the molecule is CCCN=C(N)NC1CC(OC(C)C)C1(C)C. The fourth-order valence-electron chi connectivity index (χ4n) is 2.15. The zero-order chi connectivity index (χ0) is 13.1. The molecular formula is C13H27N3O. The lowest BCUT2D eigenvalue weighted by Crippen LogP contribution is -2.63. The van der Waals surface area contributed by atoms with Crippen LogP contribution >= 0.6 is 0 Å². The molecule has 0 spiro atoms. The summed E-state index contributed by atoms with van der Waals surface area (Å²) in [5, 5.41) is 3.29. The molecule has 100 valence electrons. The van der Waals surface area contributed by atoms with Crippen LogP contribution in [0, 0.1) is 5.41 Å². The van der Waals surface area contributed by atoms with Crippen LogP contribution in [0.2, 0.25) is 0 Å². The molecule has 1 aliphatic rings. The Labute approximate surface area is 105 Å². The lowest BCUT2D eigenvalue weighted by atomic mass is 9.64. The van der Waals surface area contributed by atoms with Crippen LogP contribution in [0.5, 0.6) is 0 Å². The van der Waals surface area contributed by atoms with Crippen molar-refractivity contribution in [2.24, 2.45) is 16.1 Å². The van der Waals surface area contributed by atoms with E-state index in [0.29, 0.717) is 18.1 Å². The van der Waals surface area contributed by atoms with Crippen molar-refractivity contribution in [2.75, 3.05) is 6.54 Å². The second-order valence-corrected chi connectivity index (χ2v) is 5.69. The molecule has 1 fully saturated rings. The van der Waals surface area contributed by atoms with Crippen LogP contribution in [0.15, 0.2) is 4.99 Å². The minimum Gasteiger partial charge on any atom is -0.375 e. The second-order valence-electron chi connectivity index (χ2n) is 5.69. The molecule has 0 aromatic heterocycles. The normalized spacial score (nSPS) is 28.0. The second kappa shape index (κ2) is 5.71. The molecule has 0 saturated heterocycles. The van der Waals surface area contributed by atoms with Crippen LogP contribution in [-0.2, 0) is 4.74 Å². The smallest absolute Gasteiger partial charge is 0.188 e. The monoisotopic (exact) mass is 241 g/mol. The molecule has 4 heteroatoms. The highest BCUT2D eigenvalue weighted by molar-refractivity contribution is 5.78. The van der Waals surface area contributed by atoms with Gasteiger partial charge in [0.25, 0.3) is 0 Å². The molecule has 2 unspecified atom stereocenters. The molecule has 17 heavy (non-hydrogen) atoms. The van der Waals surface area contributed by atoms with Gasteiger partial charge in [-0.1, -0.05) is 20.8 Å². The zero-order valence-electron chi connectivity index (χ0n) is 11.8. The maximum atomic E-state index is 5.87. The summed E-state index contributed by atoms with van der Waals surface area (Å²) < 4.78 is 5.87. The Morgan fingerprint density at radius 1 is 1.53 bits per heavy atom. The van der Waals surface area contributed by atoms with E-state index in [2.05, 4.69) is 44.9 Å². The molecule has 0 bridgehead atoms. The van der Waals surface area contributed by atoms with Crippen LogP contribution in [0.25, 0.3) is 0 Å². The van der Waals surface area contributed by atoms with Gasteiger partial charge < -0.3 is 15.8 Å². The maximum Gasteiger partial charge on any atom is 0.188 e. The van der Waals surface area contributed by atoms with Crippen LogP contribution in [0.1, 0.15) is 47.5 Å². The molecule has 0 aliphatic heterocycles. The predicted octanol–water partition coefficient (Wildman–Crippen LogP) is 1.89. The third kappa shape index (κ3) is 3.60. The summed E-state index contributed by atoms with van der Waals surface area (Å²) >= 11 is 0. The highest BCUT2D eigenvalue weighted by atomic mass is 16.5. The Kier molecular flexibility index (Phi) is 4.80. The van der Waals surface area contributed by atoms with E-state index in [1.807, 2.05) is 0 Å². The van der Waals surface area contributed by atoms with Gasteiger partial charge in [0.05, 0.1) is 12.2 Å². The molecular weight excluding hydrogens is 214 g/mol. The first-order chi connectivity index (χ1) is 7.87. The van der Waals surface area contributed by atoms with Crippen molar-refractivity contribution in [3.63, 3.8) is 0 Å². The number of nitrogens with zero attached hydrogens (tertiary/aromatic N) is 1. The van der Waals surface area contributed by atoms with Gasteiger partial charge in [0.2, 0.25) is 0 Å². The highest BCUT2D eigenvalue weighted by Gasteiger charge is 2.49. The summed E-state index contributed by atoms with van der Waals surface area (Å²) in [4.78, 5) is 4.26. The van der Waals surface area contributed by atoms with E-state index in [1.165, 1.54) is 0 Å². The standard InChI is InChI=1S/C13H27N3O/c1-6-7-15-12(14)16-10-8-11(13(10,4)5)17-9(2)3/h9-11H,6-8H2,1-5H3,(H3,14,15,16). The van der Waals surface area contributed by atoms with Crippen molar-refractivity contribution < 1.29 is 4.74 Å². The molecule has 0 aromatic rings. The van der Waals surface area contributed by atoms with Crippen molar-refractivity contribution in [1.29, 1.82) is 0 Å². The van der Waals surface area contributed by atoms with E-state index in [1.54, 1.807) is 0 Å². The Morgan fingerprint density at radius 3 is 2.65 bits per heavy atom. The fraction of sp³-hybridized carbons (Fsp3) is 0.923. The summed E-state index contributed by atoms with van der Waals surface area (Å²) in [5.41, 5.74) is 5.96. The molecule has 0 amide bonds. The summed E-state index contributed by atoms with van der Waals surface area (Å²) in [6, 6.07) is 0.367. The number of rotatable bonds is 5. The largest absolute Gasteiger partial charge is 0.375 e. The van der Waals surface area contributed by atoms with Crippen LogP contribution in [0.3, 0.4) is 0 Å². The summed E-state index contributed by atoms with van der Waals surface area (Å²) in [6.07, 6.45) is 2.63. The summed E-state index contributed by atoms with van der Waals surface area (Å²) in [5.74, 6) is 0.563. The van der Waals surface area contributed by atoms with Gasteiger partial charge in [-0.15, -0.1) is 0 Å². The molecule has 1 aliphatic carbocycles. The Hall–Kier alpha value is -0.770. The zero-order valence-corrected chi connectivity index (χ0v) is 11.8. The van der Waals surface area contributed by atoms with Gasteiger partial charge in [0, 0.05) is 18.0 Å². The fourth-order valence-corrected chi connectivity index (χ4v) is 2.15. The average molecular weight is 241 g/mol. The molecule has 3 N–H and O–H groups in total. The number of hydrogen-bond acceptors (Lipinski definition) is 2. The minimum atomic E-state index is 0.122. The Morgan fingerprint density at radius 2 is 2.18 bits per heavy atom. The van der Waals surface area contributed by atoms with E-state index in [0.717, 1.165) is 19.4 Å². The molecule has 1 rings (SSSR count). The van der Waals surface area contributed by atoms with E-state index in [-0.39, 0.29) is 11.5 Å². The van der Waals surface area contributed by atoms with Crippen molar-refractivity contribution in [3.05, 3.63) is 0 Å². The number of nitrogens with one attached hydrogen (secondary N) is 1. The molecule has 0 aromatic carbocycles. The van der Waals surface area contributed by atoms with E-state index >= 15 is 0 Å². The van der Waals surface area contributed by atoms with E-state index < -0.39 is 0 Å². The number of nitrogens with two attached hydrogens (primary N) is 1. The highest BCUT2D eigenvalue weighted by Crippen LogP contribution is 2.43. The maximum absolute atomic E-state index is 5.87. The van der Waals surface area contributed by atoms with Crippen molar-refractivity contribution in [1.82, 2.24) is 5.32 Å². The van der Waals surface area contributed by atoms with Gasteiger partial charge >= 0.3 is 0 Å². The van der Waals surface area contributed by atoms with Crippen molar-refractivity contribution in [3.8, 4) is 0 Å². The lowest BCUT2D eigenvalue weighted by Gasteiger charge is -2.52. The van der Waals surface area contributed by atoms with Gasteiger partial charge in [-0.05, 0) is 26.7 Å². The summed E-state index contributed by atoms with van der Waals surface area (Å²) in [6.45, 7) is 11.5. The first-order valence-corrected chi connectivity index (χ1v) is 6.59. The lowest BCUT2D eigenvalue weighted by molar-refractivity contribution is -0.134. The van der Waals surface area contributed by atoms with E-state index in [9.17, 15) is 0 Å². The number of aliphatic imine (C=N–C) groups is 1. The average Bonchev–Trinajstić information content (AvgIpc) is 2.24. The summed E-state index contributed by atoms with van der Waals surface area (Å²) in [7, 11) is 0. The van der Waals surface area contributed by atoms with Crippen LogP contribution in [-0.4, -0.2) is 30.8 Å². The molecule has 0 radical (unpaired) electrons. The van der Waals surface area contributed by atoms with E-state index in [4.69, 9.17) is 10.5 Å². The number of ether oxygens (including phenoxy) is 1. The molecule has 0 heterocycles. The van der Waals surface area contributed by atoms with Gasteiger partial charge in [-0.2, -0.15) is 0 Å². The predicted molar refractivity (Wildman–Crippen MR) is 72.1 cm³/mol. The number of hydrogen-bond donors (Lipinski definition) is 2. The van der Waals surface area contributed by atoms with Crippen LogP contribution < -0.4 is 11.1 Å². The van der Waals surface area contributed by atoms with Crippen molar-refractivity contribution in [2.45, 2.75) is 65.7 Å². The van der Waals surface area contributed by atoms with Gasteiger partial charge in [0.1, 0.15) is 0 Å². The Balaban J connectivity index is 2.44. The molecule has 4 nitrogen and oxygen atoms in total. The first kappa shape index (κ1) is 14.3. The third-order valence-electron chi connectivity index (χ3n) is 3.44. The third-order valence-corrected chi connectivity index (χ3v) is 3.44. The van der Waals surface area contributed by atoms with Crippen LogP contribution in [0.4, 0.5) is 0 Å². The quantitative estimate of drug-likeness (QED) is 0.571. The van der Waals surface area contributed by atoms with Gasteiger partial charge in [-0.25, -0.2) is 0 Å². The Bertz CT molecular complexity index is 274. The molecule has 1 saturated carbocycles.